The van der Waals surface area contributed by atoms with Crippen LogP contribution in [0.2, 0.25) is 0 Å². The summed E-state index contributed by atoms with van der Waals surface area (Å²) in [4.78, 5) is 0. The first-order valence-electron chi connectivity index (χ1n) is 5.73. The SMILES string of the molecule is CCN(C1CC1)N1C=CC2=CNN(C)C21. The van der Waals surface area contributed by atoms with E-state index in [4.69, 9.17) is 0 Å². The normalized spacial score (nSPS) is 29.7. The van der Waals surface area contributed by atoms with Crippen LogP contribution in [-0.2, 0) is 0 Å². The molecule has 2 aliphatic heterocycles. The van der Waals surface area contributed by atoms with Crippen molar-refractivity contribution in [3.8, 4) is 0 Å². The van der Waals surface area contributed by atoms with Gasteiger partial charge in [0.05, 0.1) is 0 Å². The van der Waals surface area contributed by atoms with Crippen molar-refractivity contribution in [3.05, 3.63) is 24.0 Å². The van der Waals surface area contributed by atoms with Gasteiger partial charge >= 0.3 is 0 Å². The van der Waals surface area contributed by atoms with E-state index >= 15 is 0 Å². The molecule has 2 heterocycles. The Morgan fingerprint density at radius 3 is 3.00 bits per heavy atom. The van der Waals surface area contributed by atoms with Crippen molar-refractivity contribution < 1.29 is 0 Å². The number of rotatable bonds is 3. The topological polar surface area (TPSA) is 21.8 Å². The van der Waals surface area contributed by atoms with Crippen molar-refractivity contribution in [3.63, 3.8) is 0 Å². The Bertz CT molecular complexity index is 319. The van der Waals surface area contributed by atoms with Crippen LogP contribution in [0.4, 0.5) is 0 Å². The number of nitrogens with one attached hydrogen (secondary N) is 1. The van der Waals surface area contributed by atoms with Crippen molar-refractivity contribution in [1.82, 2.24) is 20.5 Å². The van der Waals surface area contributed by atoms with Crippen LogP contribution in [0.15, 0.2) is 24.0 Å². The average Bonchev–Trinajstić information content (AvgIpc) is 2.86. The van der Waals surface area contributed by atoms with E-state index in [0.717, 1.165) is 12.6 Å². The predicted octanol–water partition coefficient (Wildman–Crippen LogP) is 0.875. The Kier molecular flexibility index (Phi) is 2.00. The molecular weight excluding hydrogens is 188 g/mol. The van der Waals surface area contributed by atoms with Gasteiger partial charge in [0.15, 0.2) is 0 Å². The summed E-state index contributed by atoms with van der Waals surface area (Å²) in [6, 6.07) is 0.771. The molecule has 4 heteroatoms. The Hall–Kier alpha value is -1.00. The highest BCUT2D eigenvalue weighted by molar-refractivity contribution is 5.31. The summed E-state index contributed by atoms with van der Waals surface area (Å²) in [7, 11) is 2.09. The Morgan fingerprint density at radius 1 is 1.53 bits per heavy atom. The van der Waals surface area contributed by atoms with Gasteiger partial charge in [0, 0.05) is 37.6 Å². The molecule has 1 aliphatic carbocycles. The fourth-order valence-corrected chi connectivity index (χ4v) is 2.46. The molecule has 0 radical (unpaired) electrons. The molecule has 0 aromatic carbocycles. The molecule has 4 nitrogen and oxygen atoms in total. The predicted molar refractivity (Wildman–Crippen MR) is 59.2 cm³/mol. The first kappa shape index (κ1) is 9.24. The van der Waals surface area contributed by atoms with Crippen LogP contribution >= 0.6 is 0 Å². The number of nitrogens with zero attached hydrogens (tertiary/aromatic N) is 3. The van der Waals surface area contributed by atoms with Crippen molar-refractivity contribution in [2.75, 3.05) is 13.6 Å². The number of hydrogen-bond acceptors (Lipinski definition) is 4. The third-order valence-corrected chi connectivity index (χ3v) is 3.36. The first-order chi connectivity index (χ1) is 7.31. The molecule has 0 aromatic rings. The molecule has 1 atom stereocenters. The highest BCUT2D eigenvalue weighted by Crippen LogP contribution is 2.34. The molecule has 3 aliphatic rings. The van der Waals surface area contributed by atoms with Crippen LogP contribution in [0, 0.1) is 0 Å². The van der Waals surface area contributed by atoms with Gasteiger partial charge < -0.3 is 5.43 Å². The Morgan fingerprint density at radius 2 is 2.33 bits per heavy atom. The number of hydrazine groups is 2. The number of fused-ring (bicyclic) bond motifs is 1. The second-order valence-corrected chi connectivity index (χ2v) is 4.44. The fourth-order valence-electron chi connectivity index (χ4n) is 2.46. The van der Waals surface area contributed by atoms with Gasteiger partial charge in [-0.25, -0.2) is 5.01 Å². The zero-order chi connectivity index (χ0) is 10.4. The van der Waals surface area contributed by atoms with Gasteiger partial charge in [-0.2, -0.15) is 5.01 Å². The van der Waals surface area contributed by atoms with E-state index < -0.39 is 0 Å². The fraction of sp³-hybridized carbons (Fsp3) is 0.636. The van der Waals surface area contributed by atoms with Gasteiger partial charge in [0.2, 0.25) is 0 Å². The Labute approximate surface area is 90.8 Å². The minimum atomic E-state index is 0.366. The zero-order valence-corrected chi connectivity index (χ0v) is 9.35. The summed E-state index contributed by atoms with van der Waals surface area (Å²) in [5, 5.41) is 7.00. The van der Waals surface area contributed by atoms with Crippen LogP contribution in [0.25, 0.3) is 0 Å². The third-order valence-electron chi connectivity index (χ3n) is 3.36. The van der Waals surface area contributed by atoms with Crippen LogP contribution in [0.3, 0.4) is 0 Å². The maximum Gasteiger partial charge on any atom is 0.140 e. The molecule has 0 saturated heterocycles. The smallest absolute Gasteiger partial charge is 0.140 e. The van der Waals surface area contributed by atoms with Crippen LogP contribution in [-0.4, -0.2) is 40.8 Å². The number of hydrogen-bond donors (Lipinski definition) is 1. The summed E-state index contributed by atoms with van der Waals surface area (Å²) in [5.74, 6) is 0. The van der Waals surface area contributed by atoms with Crippen LogP contribution in [0.5, 0.6) is 0 Å². The van der Waals surface area contributed by atoms with Gasteiger partial charge in [-0.1, -0.05) is 6.92 Å². The van der Waals surface area contributed by atoms with E-state index in [-0.39, 0.29) is 0 Å². The van der Waals surface area contributed by atoms with Crippen molar-refractivity contribution in [2.45, 2.75) is 32.0 Å². The van der Waals surface area contributed by atoms with E-state index in [1.807, 2.05) is 0 Å². The van der Waals surface area contributed by atoms with Crippen LogP contribution in [0.1, 0.15) is 19.8 Å². The van der Waals surface area contributed by atoms with Crippen molar-refractivity contribution >= 4 is 0 Å². The summed E-state index contributed by atoms with van der Waals surface area (Å²) in [6.07, 6.45) is 9.55. The van der Waals surface area contributed by atoms with Gasteiger partial charge in [-0.05, 0) is 18.9 Å². The second-order valence-electron chi connectivity index (χ2n) is 4.44. The van der Waals surface area contributed by atoms with E-state index in [9.17, 15) is 0 Å². The number of likely N-dealkylation sites (N-methyl/N-ethyl adjacent to an activating group) is 1. The maximum absolute atomic E-state index is 3.24. The van der Waals surface area contributed by atoms with Gasteiger partial charge in [0.25, 0.3) is 0 Å². The highest BCUT2D eigenvalue weighted by atomic mass is 15.7. The second kappa shape index (κ2) is 3.25. The molecule has 15 heavy (non-hydrogen) atoms. The summed E-state index contributed by atoms with van der Waals surface area (Å²) < 4.78 is 0. The molecular formula is C11H18N4. The van der Waals surface area contributed by atoms with Crippen molar-refractivity contribution in [2.24, 2.45) is 0 Å². The summed E-state index contributed by atoms with van der Waals surface area (Å²) in [5.41, 5.74) is 4.60. The van der Waals surface area contributed by atoms with Gasteiger partial charge in [0.1, 0.15) is 6.17 Å². The maximum atomic E-state index is 3.24. The summed E-state index contributed by atoms with van der Waals surface area (Å²) >= 11 is 0. The largest absolute Gasteiger partial charge is 0.324 e. The lowest BCUT2D eigenvalue weighted by Gasteiger charge is -2.38. The molecule has 82 valence electrons. The molecule has 0 bridgehead atoms. The zero-order valence-electron chi connectivity index (χ0n) is 9.35. The standard InChI is InChI=1S/C11H18N4/c1-3-14(10-4-5-10)15-7-6-9-8-12-13(2)11(9)15/h6-8,10-12H,3-5H2,1-2H3. The monoisotopic (exact) mass is 206 g/mol. The molecule has 1 unspecified atom stereocenters. The lowest BCUT2D eigenvalue weighted by atomic mass is 10.3. The minimum Gasteiger partial charge on any atom is -0.324 e. The molecule has 0 amide bonds. The first-order valence-corrected chi connectivity index (χ1v) is 5.73. The third kappa shape index (κ3) is 1.36. The molecule has 0 spiro atoms. The molecule has 1 fully saturated rings. The molecule has 1 saturated carbocycles. The molecule has 1 N–H and O–H groups in total. The lowest BCUT2D eigenvalue weighted by Crippen LogP contribution is -2.51. The average molecular weight is 206 g/mol. The Balaban J connectivity index is 1.81. The van der Waals surface area contributed by atoms with E-state index in [1.54, 1.807) is 0 Å². The van der Waals surface area contributed by atoms with E-state index in [1.165, 1.54) is 18.4 Å². The van der Waals surface area contributed by atoms with Gasteiger partial charge in [-0.15, -0.1) is 0 Å². The van der Waals surface area contributed by atoms with E-state index in [2.05, 4.69) is 52.9 Å². The highest BCUT2D eigenvalue weighted by Gasteiger charge is 2.39. The molecule has 3 rings (SSSR count). The summed E-state index contributed by atoms with van der Waals surface area (Å²) in [6.45, 7) is 3.32. The molecule has 0 aromatic heterocycles. The van der Waals surface area contributed by atoms with Gasteiger partial charge in [-0.3, -0.25) is 5.01 Å². The minimum absolute atomic E-state index is 0.366. The lowest BCUT2D eigenvalue weighted by molar-refractivity contribution is -0.0518. The van der Waals surface area contributed by atoms with Crippen LogP contribution < -0.4 is 5.43 Å². The van der Waals surface area contributed by atoms with Crippen molar-refractivity contribution in [1.29, 1.82) is 0 Å². The van der Waals surface area contributed by atoms with E-state index in [0.29, 0.717) is 6.17 Å². The quantitative estimate of drug-likeness (QED) is 0.739.